The Hall–Kier alpha value is -1.55. The van der Waals surface area contributed by atoms with Gasteiger partial charge in [-0.3, -0.25) is 4.79 Å². The first-order valence-electron chi connectivity index (χ1n) is 6.34. The number of aryl methyl sites for hydroxylation is 2. The minimum Gasteiger partial charge on any atom is -0.481 e. The van der Waals surface area contributed by atoms with Crippen LogP contribution in [-0.4, -0.2) is 36.8 Å². The Bertz CT molecular complexity index is 445. The first-order chi connectivity index (χ1) is 8.58. The van der Waals surface area contributed by atoms with Gasteiger partial charge in [0, 0.05) is 25.3 Å². The highest BCUT2D eigenvalue weighted by Crippen LogP contribution is 2.25. The minimum absolute atomic E-state index is 0.0395. The predicted molar refractivity (Wildman–Crippen MR) is 72.2 cm³/mol. The van der Waals surface area contributed by atoms with E-state index >= 15 is 0 Å². The zero-order chi connectivity index (χ0) is 13.1. The van der Waals surface area contributed by atoms with Crippen molar-refractivity contribution in [1.82, 2.24) is 5.32 Å². The Kier molecular flexibility index (Phi) is 3.87. The van der Waals surface area contributed by atoms with E-state index in [0.717, 1.165) is 25.3 Å². The third kappa shape index (κ3) is 2.82. The molecule has 0 aliphatic carbocycles. The monoisotopic (exact) mass is 248 g/mol. The summed E-state index contributed by atoms with van der Waals surface area (Å²) in [5, 5.41) is 12.3. The molecule has 0 amide bonds. The van der Waals surface area contributed by atoms with Crippen molar-refractivity contribution in [1.29, 1.82) is 0 Å². The Morgan fingerprint density at radius 3 is 2.94 bits per heavy atom. The van der Waals surface area contributed by atoms with Crippen molar-refractivity contribution in [2.24, 2.45) is 0 Å². The van der Waals surface area contributed by atoms with E-state index in [1.54, 1.807) is 0 Å². The molecule has 2 N–H and O–H groups in total. The fourth-order valence-electron chi connectivity index (χ4n) is 2.59. The molecule has 1 aromatic rings. The maximum atomic E-state index is 10.9. The molecule has 4 nitrogen and oxygen atoms in total. The Morgan fingerprint density at radius 1 is 1.50 bits per heavy atom. The highest BCUT2D eigenvalue weighted by Gasteiger charge is 2.25. The van der Waals surface area contributed by atoms with E-state index in [1.807, 2.05) is 0 Å². The summed E-state index contributed by atoms with van der Waals surface area (Å²) in [6.45, 7) is 6.66. The summed E-state index contributed by atoms with van der Waals surface area (Å²) < 4.78 is 0. The lowest BCUT2D eigenvalue weighted by molar-refractivity contribution is -0.137. The molecule has 0 bridgehead atoms. The van der Waals surface area contributed by atoms with E-state index in [1.165, 1.54) is 11.1 Å². The van der Waals surface area contributed by atoms with Gasteiger partial charge in [0.1, 0.15) is 0 Å². The van der Waals surface area contributed by atoms with Gasteiger partial charge in [0.05, 0.1) is 12.5 Å². The van der Waals surface area contributed by atoms with Gasteiger partial charge in [-0.25, -0.2) is 0 Å². The molecule has 1 fully saturated rings. The number of benzene rings is 1. The van der Waals surface area contributed by atoms with Crippen LogP contribution >= 0.6 is 0 Å². The highest BCUT2D eigenvalue weighted by molar-refractivity contribution is 5.69. The van der Waals surface area contributed by atoms with Crippen molar-refractivity contribution < 1.29 is 9.90 Å². The quantitative estimate of drug-likeness (QED) is 0.852. The van der Waals surface area contributed by atoms with Crippen LogP contribution in [0.4, 0.5) is 5.69 Å². The van der Waals surface area contributed by atoms with Gasteiger partial charge in [0.25, 0.3) is 0 Å². The lowest BCUT2D eigenvalue weighted by Gasteiger charge is -2.38. The van der Waals surface area contributed by atoms with Crippen LogP contribution in [0.2, 0.25) is 0 Å². The third-order valence-corrected chi connectivity index (χ3v) is 3.42. The van der Waals surface area contributed by atoms with E-state index in [0.29, 0.717) is 0 Å². The molecule has 1 aromatic carbocycles. The van der Waals surface area contributed by atoms with Crippen LogP contribution < -0.4 is 10.2 Å². The molecule has 0 spiro atoms. The summed E-state index contributed by atoms with van der Waals surface area (Å²) in [6, 6.07) is 6.38. The number of nitrogens with one attached hydrogen (secondary N) is 1. The molecule has 2 rings (SSSR count). The number of hydrogen-bond donors (Lipinski definition) is 2. The Morgan fingerprint density at radius 2 is 2.28 bits per heavy atom. The number of nitrogens with zero attached hydrogens (tertiary/aromatic N) is 1. The number of carboxylic acids is 1. The maximum Gasteiger partial charge on any atom is 0.305 e. The molecule has 0 aromatic heterocycles. The zero-order valence-corrected chi connectivity index (χ0v) is 10.9. The fourth-order valence-corrected chi connectivity index (χ4v) is 2.59. The van der Waals surface area contributed by atoms with Crippen LogP contribution in [0.3, 0.4) is 0 Å². The van der Waals surface area contributed by atoms with E-state index in [-0.39, 0.29) is 12.5 Å². The normalized spacial score (nSPS) is 19.9. The number of hydrogen-bond acceptors (Lipinski definition) is 3. The lowest BCUT2D eigenvalue weighted by atomic mass is 10.0. The number of anilines is 1. The predicted octanol–water partition coefficient (Wildman–Crippen LogP) is 1.56. The maximum absolute atomic E-state index is 10.9. The minimum atomic E-state index is -0.738. The molecule has 1 heterocycles. The van der Waals surface area contributed by atoms with Crippen LogP contribution in [0.1, 0.15) is 17.5 Å². The molecule has 1 saturated heterocycles. The summed E-state index contributed by atoms with van der Waals surface area (Å²) in [4.78, 5) is 13.2. The number of piperazine rings is 1. The number of carbonyl (C=O) groups is 1. The second kappa shape index (κ2) is 5.40. The van der Waals surface area contributed by atoms with Gasteiger partial charge >= 0.3 is 5.97 Å². The molecule has 98 valence electrons. The molecule has 1 aliphatic rings. The van der Waals surface area contributed by atoms with Crippen LogP contribution in [0.15, 0.2) is 18.2 Å². The average Bonchev–Trinajstić information content (AvgIpc) is 2.30. The van der Waals surface area contributed by atoms with Crippen LogP contribution in [-0.2, 0) is 4.79 Å². The van der Waals surface area contributed by atoms with Gasteiger partial charge < -0.3 is 15.3 Å². The Labute approximate surface area is 108 Å². The smallest absolute Gasteiger partial charge is 0.305 e. The van der Waals surface area contributed by atoms with Crippen LogP contribution in [0.5, 0.6) is 0 Å². The van der Waals surface area contributed by atoms with Crippen molar-refractivity contribution in [3.63, 3.8) is 0 Å². The molecule has 18 heavy (non-hydrogen) atoms. The van der Waals surface area contributed by atoms with Crippen molar-refractivity contribution in [3.05, 3.63) is 29.3 Å². The van der Waals surface area contributed by atoms with Gasteiger partial charge in [-0.15, -0.1) is 0 Å². The zero-order valence-electron chi connectivity index (χ0n) is 10.9. The molecule has 0 radical (unpaired) electrons. The van der Waals surface area contributed by atoms with Crippen molar-refractivity contribution in [2.45, 2.75) is 26.3 Å². The first kappa shape index (κ1) is 12.9. The molecule has 1 atom stereocenters. The summed E-state index contributed by atoms with van der Waals surface area (Å²) in [5.41, 5.74) is 3.61. The molecular weight excluding hydrogens is 228 g/mol. The van der Waals surface area contributed by atoms with E-state index in [2.05, 4.69) is 42.3 Å². The molecular formula is C14H20N2O2. The third-order valence-electron chi connectivity index (χ3n) is 3.42. The summed E-state index contributed by atoms with van der Waals surface area (Å²) in [5.74, 6) is -0.738. The van der Waals surface area contributed by atoms with Gasteiger partial charge in [0.2, 0.25) is 0 Å². The molecule has 1 unspecified atom stereocenters. The topological polar surface area (TPSA) is 52.6 Å². The second-order valence-corrected chi connectivity index (χ2v) is 4.94. The molecule has 1 aliphatic heterocycles. The lowest BCUT2D eigenvalue weighted by Crippen LogP contribution is -2.52. The first-order valence-corrected chi connectivity index (χ1v) is 6.34. The average molecular weight is 248 g/mol. The SMILES string of the molecule is Cc1ccc(N2CCNCC2CC(=O)O)c(C)c1. The summed E-state index contributed by atoms with van der Waals surface area (Å²) >= 11 is 0. The van der Waals surface area contributed by atoms with Crippen LogP contribution in [0.25, 0.3) is 0 Å². The Balaban J connectivity index is 2.24. The second-order valence-electron chi connectivity index (χ2n) is 4.94. The van der Waals surface area contributed by atoms with Gasteiger partial charge in [-0.05, 0) is 25.5 Å². The van der Waals surface area contributed by atoms with Crippen molar-refractivity contribution >= 4 is 11.7 Å². The van der Waals surface area contributed by atoms with E-state index in [9.17, 15) is 4.79 Å². The molecule has 0 saturated carbocycles. The standard InChI is InChI=1S/C14H20N2O2/c1-10-3-4-13(11(2)7-10)16-6-5-15-9-12(16)8-14(17)18/h3-4,7,12,15H,5-6,8-9H2,1-2H3,(H,17,18). The van der Waals surface area contributed by atoms with Gasteiger partial charge in [0.15, 0.2) is 0 Å². The van der Waals surface area contributed by atoms with Gasteiger partial charge in [-0.2, -0.15) is 0 Å². The highest BCUT2D eigenvalue weighted by atomic mass is 16.4. The number of aliphatic carboxylic acids is 1. The van der Waals surface area contributed by atoms with Gasteiger partial charge in [-0.1, -0.05) is 17.7 Å². The fraction of sp³-hybridized carbons (Fsp3) is 0.500. The number of carboxylic acid groups (broad SMARTS) is 1. The number of rotatable bonds is 3. The largest absolute Gasteiger partial charge is 0.481 e. The summed E-state index contributed by atoms with van der Waals surface area (Å²) in [6.07, 6.45) is 0.181. The van der Waals surface area contributed by atoms with E-state index < -0.39 is 5.97 Å². The molecule has 4 heteroatoms. The summed E-state index contributed by atoms with van der Waals surface area (Å²) in [7, 11) is 0. The van der Waals surface area contributed by atoms with Crippen molar-refractivity contribution in [2.75, 3.05) is 24.5 Å². The van der Waals surface area contributed by atoms with E-state index in [4.69, 9.17) is 5.11 Å². The van der Waals surface area contributed by atoms with Crippen LogP contribution in [0, 0.1) is 13.8 Å². The van der Waals surface area contributed by atoms with Crippen molar-refractivity contribution in [3.8, 4) is 0 Å².